The number of nitrogens with one attached hydrogen (secondary N) is 1. The van der Waals surface area contributed by atoms with Crippen LogP contribution in [0, 0.1) is 0 Å². The first-order valence-electron chi connectivity index (χ1n) is 8.14. The summed E-state index contributed by atoms with van der Waals surface area (Å²) < 4.78 is 0. The Bertz CT molecular complexity index is 456. The first kappa shape index (κ1) is 18.2. The molecule has 0 spiro atoms. The van der Waals surface area contributed by atoms with Gasteiger partial charge in [-0.3, -0.25) is 0 Å². The van der Waals surface area contributed by atoms with Crippen LogP contribution in [0.15, 0.2) is 41.6 Å². The molecule has 1 nitrogen and oxygen atoms in total. The lowest BCUT2D eigenvalue weighted by Crippen LogP contribution is -2.55. The lowest BCUT2D eigenvalue weighted by atomic mass is 10.2. The van der Waals surface area contributed by atoms with Crippen LogP contribution in [-0.4, -0.2) is 22.5 Å². The molecule has 1 unspecified atom stereocenters. The fraction of sp³-hybridized carbons (Fsp3) is 0.556. The highest BCUT2D eigenvalue weighted by molar-refractivity contribution is 7.36. The molecule has 1 rings (SSSR count). The van der Waals surface area contributed by atoms with E-state index in [0.717, 1.165) is 6.54 Å². The van der Waals surface area contributed by atoms with Crippen molar-refractivity contribution in [3.63, 3.8) is 0 Å². The maximum atomic E-state index is 3.63. The molecule has 0 bridgehead atoms. The van der Waals surface area contributed by atoms with Crippen molar-refractivity contribution in [2.75, 3.05) is 11.9 Å². The molecule has 21 heavy (non-hydrogen) atoms. The first-order valence-corrected chi connectivity index (χ1v) is 14.5. The fourth-order valence-corrected chi connectivity index (χ4v) is 18.4. The molecule has 0 aliphatic carbocycles. The van der Waals surface area contributed by atoms with Crippen LogP contribution in [-0.2, 0) is 0 Å². The van der Waals surface area contributed by atoms with Crippen molar-refractivity contribution in [3.8, 4) is 0 Å². The molecule has 1 aromatic carbocycles. The third kappa shape index (κ3) is 4.85. The number of hydrogen-bond acceptors (Lipinski definition) is 1. The molecule has 1 N–H and O–H groups in total. The summed E-state index contributed by atoms with van der Waals surface area (Å²) in [6, 6.07) is 11.9. The van der Waals surface area contributed by atoms with E-state index in [1.807, 2.05) is 0 Å². The quantitative estimate of drug-likeness (QED) is 0.690. The Morgan fingerprint density at radius 1 is 1.14 bits per heavy atom. The van der Waals surface area contributed by atoms with Crippen LogP contribution in [0.3, 0.4) is 0 Å². The predicted molar refractivity (Wildman–Crippen MR) is 104 cm³/mol. The number of benzene rings is 1. The highest BCUT2D eigenvalue weighted by atomic mass is 29.2. The van der Waals surface area contributed by atoms with Gasteiger partial charge in [0.05, 0.1) is 7.59 Å². The Labute approximate surface area is 134 Å². The Morgan fingerprint density at radius 3 is 2.14 bits per heavy atom. The lowest BCUT2D eigenvalue weighted by molar-refractivity contribution is 0.728. The number of allylic oxidation sites excluding steroid dienone is 1. The van der Waals surface area contributed by atoms with E-state index < -0.39 is 15.9 Å². The van der Waals surface area contributed by atoms with Gasteiger partial charge in [0.1, 0.15) is 0 Å². The first-order chi connectivity index (χ1) is 9.69. The van der Waals surface area contributed by atoms with Crippen molar-refractivity contribution in [2.24, 2.45) is 0 Å². The van der Waals surface area contributed by atoms with E-state index in [1.165, 1.54) is 17.3 Å². The molecule has 0 amide bonds. The van der Waals surface area contributed by atoms with Gasteiger partial charge in [-0.15, -0.1) is 0 Å². The van der Waals surface area contributed by atoms with Gasteiger partial charge in [-0.05, 0) is 37.1 Å². The van der Waals surface area contributed by atoms with E-state index in [0.29, 0.717) is 5.04 Å². The van der Waals surface area contributed by atoms with Crippen molar-refractivity contribution >= 4 is 21.6 Å². The second kappa shape index (κ2) is 7.45. The second-order valence-electron chi connectivity index (χ2n) is 7.71. The second-order valence-corrected chi connectivity index (χ2v) is 20.9. The normalized spacial score (nSPS) is 14.7. The Hall–Kier alpha value is -0.806. The topological polar surface area (TPSA) is 12.0 Å². The largest absolute Gasteiger partial charge is 0.385 e. The highest BCUT2D eigenvalue weighted by Gasteiger charge is 2.44. The third-order valence-electron chi connectivity index (χ3n) is 4.61. The zero-order valence-electron chi connectivity index (χ0n) is 15.0. The van der Waals surface area contributed by atoms with Crippen molar-refractivity contribution in [1.29, 1.82) is 0 Å². The van der Waals surface area contributed by atoms with Gasteiger partial charge >= 0.3 is 0 Å². The molecule has 0 fully saturated rings. The molecule has 1 atom stereocenters. The number of hydrogen-bond donors (Lipinski definition) is 1. The zero-order valence-corrected chi connectivity index (χ0v) is 17.1. The predicted octanol–water partition coefficient (Wildman–Crippen LogP) is 5.42. The molecule has 118 valence electrons. The molecule has 0 heterocycles. The summed E-state index contributed by atoms with van der Waals surface area (Å²) in [7, 11) is -2.08. The van der Waals surface area contributed by atoms with Crippen molar-refractivity contribution in [1.82, 2.24) is 0 Å². The van der Waals surface area contributed by atoms with Crippen LogP contribution in [0.1, 0.15) is 34.6 Å². The van der Waals surface area contributed by atoms with Crippen molar-refractivity contribution in [2.45, 2.75) is 58.8 Å². The van der Waals surface area contributed by atoms with Crippen molar-refractivity contribution < 1.29 is 0 Å². The van der Waals surface area contributed by atoms with Gasteiger partial charge in [-0.25, -0.2) is 0 Å². The molecule has 0 aliphatic heterocycles. The number of anilines is 1. The summed E-state index contributed by atoms with van der Waals surface area (Å²) in [5.74, 6) is 0. The van der Waals surface area contributed by atoms with Crippen LogP contribution < -0.4 is 5.32 Å². The van der Waals surface area contributed by atoms with E-state index in [4.69, 9.17) is 0 Å². The minimum atomic E-state index is -1.38. The van der Waals surface area contributed by atoms with E-state index in [1.54, 1.807) is 0 Å². The molecule has 0 aliphatic rings. The summed E-state index contributed by atoms with van der Waals surface area (Å²) >= 11 is 0. The summed E-state index contributed by atoms with van der Waals surface area (Å²) in [6.45, 7) is 18.2. The van der Waals surface area contributed by atoms with Gasteiger partial charge in [0.15, 0.2) is 0 Å². The van der Waals surface area contributed by atoms with E-state index >= 15 is 0 Å². The average molecular weight is 320 g/mol. The van der Waals surface area contributed by atoms with E-state index in [2.05, 4.69) is 89.1 Å². The maximum absolute atomic E-state index is 3.63. The van der Waals surface area contributed by atoms with Gasteiger partial charge in [-0.1, -0.05) is 63.3 Å². The number of para-hydroxylation sites is 1. The monoisotopic (exact) mass is 319 g/mol. The SMILES string of the molecule is CC(C)=C[Si](CCNc1ccccc1)([SiH](C)C)C(C)(C)C. The van der Waals surface area contributed by atoms with Crippen LogP contribution in [0.25, 0.3) is 0 Å². The standard InChI is InChI=1S/C18H33NSi2/c1-16(2)15-21(20(6)7,18(3,4)5)14-13-19-17-11-9-8-10-12-17/h8-12,15,19-20H,13-14H2,1-7H3. The van der Waals surface area contributed by atoms with E-state index in [-0.39, 0.29) is 0 Å². The van der Waals surface area contributed by atoms with Gasteiger partial charge in [0.25, 0.3) is 0 Å². The maximum Gasteiger partial charge on any atom is 0.0737 e. The van der Waals surface area contributed by atoms with Crippen LogP contribution >= 0.6 is 0 Å². The van der Waals surface area contributed by atoms with Crippen molar-refractivity contribution in [3.05, 3.63) is 41.6 Å². The summed E-state index contributed by atoms with van der Waals surface area (Å²) in [4.78, 5) is 0. The highest BCUT2D eigenvalue weighted by Crippen LogP contribution is 2.42. The van der Waals surface area contributed by atoms with Crippen LogP contribution in [0.5, 0.6) is 0 Å². The Balaban J connectivity index is 2.90. The molecular formula is C18H33NSi2. The molecule has 0 aromatic heterocycles. The minimum Gasteiger partial charge on any atom is -0.385 e. The summed E-state index contributed by atoms with van der Waals surface area (Å²) in [5, 5.41) is 4.08. The molecular weight excluding hydrogens is 286 g/mol. The number of rotatable bonds is 6. The average Bonchev–Trinajstić information content (AvgIpc) is 2.36. The fourth-order valence-electron chi connectivity index (χ4n) is 3.47. The third-order valence-corrected chi connectivity index (χ3v) is 21.8. The van der Waals surface area contributed by atoms with Gasteiger partial charge in [0, 0.05) is 20.5 Å². The van der Waals surface area contributed by atoms with Crippen LogP contribution in [0.4, 0.5) is 5.69 Å². The molecule has 0 saturated heterocycles. The smallest absolute Gasteiger partial charge is 0.0737 e. The lowest BCUT2D eigenvalue weighted by Gasteiger charge is -2.44. The van der Waals surface area contributed by atoms with Gasteiger partial charge in [-0.2, -0.15) is 0 Å². The summed E-state index contributed by atoms with van der Waals surface area (Å²) in [5.41, 5.74) is 5.46. The summed E-state index contributed by atoms with van der Waals surface area (Å²) in [6.07, 6.45) is 0. The van der Waals surface area contributed by atoms with Crippen LogP contribution in [0.2, 0.25) is 24.2 Å². The Morgan fingerprint density at radius 2 is 1.71 bits per heavy atom. The van der Waals surface area contributed by atoms with Gasteiger partial charge in [0.2, 0.25) is 0 Å². The Kier molecular flexibility index (Phi) is 6.48. The molecule has 0 saturated carbocycles. The van der Waals surface area contributed by atoms with Gasteiger partial charge < -0.3 is 5.32 Å². The molecule has 1 aromatic rings. The molecule has 3 heteroatoms. The minimum absolute atomic E-state index is 0.447. The van der Waals surface area contributed by atoms with E-state index in [9.17, 15) is 0 Å². The zero-order chi connectivity index (χ0) is 16.1. The molecule has 0 radical (unpaired) electrons.